The van der Waals surface area contributed by atoms with Gasteiger partial charge in [0.15, 0.2) is 11.6 Å². The average Bonchev–Trinajstić information content (AvgIpc) is 2.44. The monoisotopic (exact) mass is 300 g/mol. The number of anilines is 1. The third-order valence-corrected chi connectivity index (χ3v) is 3.31. The standard InChI is InChI=1S/C13H14F2N2O4/c14-8-2-1-3-9(10(8)15)16-12(20)17-13(11(18)19)4-6-21-7-5-13/h1-3H,4-7H2,(H,18,19)(H2,16,17,20). The molecule has 2 rings (SSSR count). The zero-order valence-electron chi connectivity index (χ0n) is 11.0. The molecule has 1 aliphatic heterocycles. The molecule has 0 saturated carbocycles. The Labute approximate surface area is 119 Å². The van der Waals surface area contributed by atoms with E-state index in [-0.39, 0.29) is 31.7 Å². The summed E-state index contributed by atoms with van der Waals surface area (Å²) in [4.78, 5) is 23.2. The van der Waals surface area contributed by atoms with Crippen LogP contribution in [0.4, 0.5) is 19.3 Å². The second kappa shape index (κ2) is 6.04. The third kappa shape index (κ3) is 3.27. The second-order valence-electron chi connectivity index (χ2n) is 4.68. The Hall–Kier alpha value is -2.22. The minimum absolute atomic E-state index is 0.0986. The van der Waals surface area contributed by atoms with E-state index in [2.05, 4.69) is 10.6 Å². The van der Waals surface area contributed by atoms with Crippen molar-refractivity contribution in [3.63, 3.8) is 0 Å². The number of carboxylic acids is 1. The smallest absolute Gasteiger partial charge is 0.329 e. The summed E-state index contributed by atoms with van der Waals surface area (Å²) in [6, 6.07) is 2.41. The molecule has 114 valence electrons. The summed E-state index contributed by atoms with van der Waals surface area (Å²) in [5.41, 5.74) is -1.83. The van der Waals surface area contributed by atoms with Crippen molar-refractivity contribution in [3.8, 4) is 0 Å². The lowest BCUT2D eigenvalue weighted by molar-refractivity contribution is -0.148. The molecule has 0 aliphatic carbocycles. The average molecular weight is 300 g/mol. The third-order valence-electron chi connectivity index (χ3n) is 3.31. The van der Waals surface area contributed by atoms with E-state index < -0.39 is 29.2 Å². The van der Waals surface area contributed by atoms with Crippen molar-refractivity contribution in [3.05, 3.63) is 29.8 Å². The molecular formula is C13H14F2N2O4. The molecule has 0 atom stereocenters. The van der Waals surface area contributed by atoms with Crippen LogP contribution in [0.3, 0.4) is 0 Å². The molecule has 0 aromatic heterocycles. The molecule has 0 spiro atoms. The Morgan fingerprint density at radius 2 is 1.90 bits per heavy atom. The van der Waals surface area contributed by atoms with Gasteiger partial charge in [0, 0.05) is 26.1 Å². The van der Waals surface area contributed by atoms with Gasteiger partial charge >= 0.3 is 12.0 Å². The number of hydrogen-bond acceptors (Lipinski definition) is 3. The van der Waals surface area contributed by atoms with Crippen molar-refractivity contribution in [1.82, 2.24) is 5.32 Å². The summed E-state index contributed by atoms with van der Waals surface area (Å²) < 4.78 is 31.5. The second-order valence-corrected chi connectivity index (χ2v) is 4.68. The van der Waals surface area contributed by atoms with E-state index in [0.717, 1.165) is 6.07 Å². The molecule has 2 amide bonds. The van der Waals surface area contributed by atoms with Crippen LogP contribution in [0.5, 0.6) is 0 Å². The van der Waals surface area contributed by atoms with Crippen LogP contribution in [0.2, 0.25) is 0 Å². The number of nitrogens with one attached hydrogen (secondary N) is 2. The maximum Gasteiger partial charge on any atom is 0.329 e. The number of carbonyl (C=O) groups is 2. The highest BCUT2D eigenvalue weighted by molar-refractivity contribution is 5.94. The van der Waals surface area contributed by atoms with Crippen LogP contribution >= 0.6 is 0 Å². The van der Waals surface area contributed by atoms with Crippen LogP contribution in [0.1, 0.15) is 12.8 Å². The topological polar surface area (TPSA) is 87.7 Å². The van der Waals surface area contributed by atoms with Gasteiger partial charge in [-0.1, -0.05) is 6.07 Å². The van der Waals surface area contributed by atoms with E-state index in [4.69, 9.17) is 4.74 Å². The van der Waals surface area contributed by atoms with Gasteiger partial charge in [0.1, 0.15) is 5.54 Å². The SMILES string of the molecule is O=C(Nc1cccc(F)c1F)NC1(C(=O)O)CCOCC1. The number of carbonyl (C=O) groups excluding carboxylic acids is 1. The highest BCUT2D eigenvalue weighted by atomic mass is 19.2. The fraction of sp³-hybridized carbons (Fsp3) is 0.385. The Kier molecular flexibility index (Phi) is 4.37. The maximum absolute atomic E-state index is 13.4. The van der Waals surface area contributed by atoms with E-state index in [1.165, 1.54) is 12.1 Å². The summed E-state index contributed by atoms with van der Waals surface area (Å²) >= 11 is 0. The number of aliphatic carboxylic acids is 1. The van der Waals surface area contributed by atoms with Crippen molar-refractivity contribution in [2.45, 2.75) is 18.4 Å². The lowest BCUT2D eigenvalue weighted by atomic mass is 9.90. The van der Waals surface area contributed by atoms with Gasteiger partial charge in [-0.3, -0.25) is 0 Å². The molecule has 21 heavy (non-hydrogen) atoms. The summed E-state index contributed by atoms with van der Waals surface area (Å²) in [6.45, 7) is 0.391. The van der Waals surface area contributed by atoms with Crippen LogP contribution in [0.25, 0.3) is 0 Å². The van der Waals surface area contributed by atoms with Crippen molar-refractivity contribution < 1.29 is 28.2 Å². The Morgan fingerprint density at radius 1 is 1.24 bits per heavy atom. The van der Waals surface area contributed by atoms with E-state index in [1.54, 1.807) is 0 Å². The van der Waals surface area contributed by atoms with Crippen LogP contribution in [-0.4, -0.2) is 35.9 Å². The molecule has 1 fully saturated rings. The fourth-order valence-electron chi connectivity index (χ4n) is 2.08. The first kappa shape index (κ1) is 15.2. The molecule has 0 bridgehead atoms. The molecule has 6 nitrogen and oxygen atoms in total. The first-order valence-corrected chi connectivity index (χ1v) is 6.29. The lowest BCUT2D eigenvalue weighted by Crippen LogP contribution is -2.58. The molecule has 1 aromatic rings. The number of hydrogen-bond donors (Lipinski definition) is 3. The molecule has 0 unspecified atom stereocenters. The summed E-state index contributed by atoms with van der Waals surface area (Å²) in [6.07, 6.45) is 0.197. The molecule has 1 heterocycles. The van der Waals surface area contributed by atoms with Crippen molar-refractivity contribution >= 4 is 17.7 Å². The van der Waals surface area contributed by atoms with Gasteiger partial charge in [0.05, 0.1) is 5.69 Å². The number of halogens is 2. The predicted molar refractivity (Wildman–Crippen MR) is 68.9 cm³/mol. The Balaban J connectivity index is 2.09. The van der Waals surface area contributed by atoms with E-state index in [0.29, 0.717) is 0 Å². The Bertz CT molecular complexity index is 559. The van der Waals surface area contributed by atoms with E-state index in [1.807, 2.05) is 0 Å². The number of amides is 2. The molecule has 8 heteroatoms. The van der Waals surface area contributed by atoms with Crippen LogP contribution in [0, 0.1) is 11.6 Å². The number of carboxylic acid groups (broad SMARTS) is 1. The number of urea groups is 1. The molecule has 1 aromatic carbocycles. The zero-order chi connectivity index (χ0) is 15.5. The lowest BCUT2D eigenvalue weighted by Gasteiger charge is -2.33. The van der Waals surface area contributed by atoms with E-state index >= 15 is 0 Å². The summed E-state index contributed by atoms with van der Waals surface area (Å²) in [7, 11) is 0. The van der Waals surface area contributed by atoms with Gasteiger partial charge in [0.25, 0.3) is 0 Å². The minimum atomic E-state index is -1.47. The van der Waals surface area contributed by atoms with Gasteiger partial charge in [-0.05, 0) is 12.1 Å². The van der Waals surface area contributed by atoms with Crippen molar-refractivity contribution in [2.75, 3.05) is 18.5 Å². The normalized spacial score (nSPS) is 17.0. The van der Waals surface area contributed by atoms with Gasteiger partial charge in [0.2, 0.25) is 0 Å². The van der Waals surface area contributed by atoms with Gasteiger partial charge in [-0.25, -0.2) is 18.4 Å². The Morgan fingerprint density at radius 3 is 2.52 bits per heavy atom. The summed E-state index contributed by atoms with van der Waals surface area (Å²) in [5, 5.41) is 13.7. The largest absolute Gasteiger partial charge is 0.480 e. The first-order valence-electron chi connectivity index (χ1n) is 6.29. The molecule has 1 saturated heterocycles. The van der Waals surface area contributed by atoms with Gasteiger partial charge < -0.3 is 20.5 Å². The fourth-order valence-corrected chi connectivity index (χ4v) is 2.08. The minimum Gasteiger partial charge on any atom is -0.480 e. The maximum atomic E-state index is 13.4. The number of benzene rings is 1. The van der Waals surface area contributed by atoms with Crippen molar-refractivity contribution in [2.24, 2.45) is 0 Å². The van der Waals surface area contributed by atoms with Crippen LogP contribution in [-0.2, 0) is 9.53 Å². The molecule has 0 radical (unpaired) electrons. The van der Waals surface area contributed by atoms with Gasteiger partial charge in [-0.2, -0.15) is 0 Å². The number of ether oxygens (including phenoxy) is 1. The highest BCUT2D eigenvalue weighted by Gasteiger charge is 2.41. The van der Waals surface area contributed by atoms with Crippen LogP contribution < -0.4 is 10.6 Å². The zero-order valence-corrected chi connectivity index (χ0v) is 11.0. The highest BCUT2D eigenvalue weighted by Crippen LogP contribution is 2.22. The molecular weight excluding hydrogens is 286 g/mol. The summed E-state index contributed by atoms with van der Waals surface area (Å²) in [5.74, 6) is -3.50. The first-order chi connectivity index (χ1) is 9.94. The molecule has 3 N–H and O–H groups in total. The predicted octanol–water partition coefficient (Wildman–Crippen LogP) is 1.72. The van der Waals surface area contributed by atoms with Gasteiger partial charge in [-0.15, -0.1) is 0 Å². The van der Waals surface area contributed by atoms with Crippen LogP contribution in [0.15, 0.2) is 18.2 Å². The quantitative estimate of drug-likeness (QED) is 0.793. The molecule has 1 aliphatic rings. The van der Waals surface area contributed by atoms with E-state index in [9.17, 15) is 23.5 Å². The number of rotatable bonds is 3. The van der Waals surface area contributed by atoms with Crippen molar-refractivity contribution in [1.29, 1.82) is 0 Å².